The number of benzene rings is 3. The maximum Gasteiger partial charge on any atom is 0.227 e. The van der Waals surface area contributed by atoms with Crippen LogP contribution >= 0.6 is 0 Å². The first kappa shape index (κ1) is 33.3. The molecule has 0 fully saturated rings. The molecule has 0 saturated heterocycles. The summed E-state index contributed by atoms with van der Waals surface area (Å²) in [5.74, 6) is 2.47. The standard InChI is InChI=1S/C18H16N2O2.C14H13NO2.C5H12/c1-12-5-6-16(21)17(10-12)22-18-15(4-3-8-20-18)14-7-9-19-13(2)11-14;1-17-14-8-7-12(9-13(14)15-10-16)11-5-3-2-4-6-11;1-4-5(2)3/h3-11,21H,1-2H3;2-10H,1H3,(H,15,16);5H,4H2,1-3H3. The van der Waals surface area contributed by atoms with E-state index in [4.69, 9.17) is 9.47 Å². The normalized spacial score (nSPS) is 10.1. The number of pyridine rings is 2. The van der Waals surface area contributed by atoms with Crippen LogP contribution in [-0.4, -0.2) is 28.6 Å². The topological polar surface area (TPSA) is 93.6 Å². The number of aryl methyl sites for hydroxylation is 2. The molecule has 0 aliphatic carbocycles. The second-order valence-electron chi connectivity index (χ2n) is 10.5. The number of aromatic hydroxyl groups is 1. The molecule has 5 aromatic rings. The molecular formula is C37H41N3O4. The van der Waals surface area contributed by atoms with Gasteiger partial charge in [0.05, 0.1) is 12.8 Å². The van der Waals surface area contributed by atoms with E-state index in [1.165, 1.54) is 6.42 Å². The summed E-state index contributed by atoms with van der Waals surface area (Å²) in [5.41, 5.74) is 6.57. The average Bonchev–Trinajstić information content (AvgIpc) is 3.04. The Hall–Kier alpha value is -5.17. The van der Waals surface area contributed by atoms with Crippen molar-refractivity contribution >= 4 is 12.1 Å². The van der Waals surface area contributed by atoms with Gasteiger partial charge < -0.3 is 19.9 Å². The van der Waals surface area contributed by atoms with Crippen molar-refractivity contribution in [1.82, 2.24) is 9.97 Å². The molecule has 7 heteroatoms. The number of aromatic nitrogens is 2. The van der Waals surface area contributed by atoms with Gasteiger partial charge in [-0.1, -0.05) is 69.7 Å². The first-order valence-corrected chi connectivity index (χ1v) is 14.5. The van der Waals surface area contributed by atoms with E-state index >= 15 is 0 Å². The number of phenols is 1. The summed E-state index contributed by atoms with van der Waals surface area (Å²) >= 11 is 0. The Bertz CT molecular complexity index is 1620. The van der Waals surface area contributed by atoms with Crippen LogP contribution in [0.25, 0.3) is 22.3 Å². The van der Waals surface area contributed by atoms with E-state index in [-0.39, 0.29) is 5.75 Å². The Morgan fingerprint density at radius 2 is 1.57 bits per heavy atom. The third-order valence-corrected chi connectivity index (χ3v) is 6.64. The Balaban J connectivity index is 0.000000214. The third kappa shape index (κ3) is 9.98. The van der Waals surface area contributed by atoms with Crippen LogP contribution in [-0.2, 0) is 4.79 Å². The molecule has 0 saturated carbocycles. The summed E-state index contributed by atoms with van der Waals surface area (Å²) in [5, 5.41) is 12.6. The number of anilines is 1. The first-order chi connectivity index (χ1) is 21.2. The average molecular weight is 592 g/mol. The van der Waals surface area contributed by atoms with Crippen molar-refractivity contribution in [3.05, 3.63) is 115 Å². The Morgan fingerprint density at radius 3 is 2.23 bits per heavy atom. The zero-order valence-electron chi connectivity index (χ0n) is 26.2. The molecule has 0 bridgehead atoms. The van der Waals surface area contributed by atoms with Crippen LogP contribution in [0.15, 0.2) is 103 Å². The molecule has 0 radical (unpaired) electrons. The molecule has 2 heterocycles. The summed E-state index contributed by atoms with van der Waals surface area (Å²) < 4.78 is 11.0. The number of rotatable bonds is 8. The van der Waals surface area contributed by atoms with Crippen molar-refractivity contribution in [2.75, 3.05) is 12.4 Å². The molecule has 0 aliphatic rings. The fourth-order valence-corrected chi connectivity index (χ4v) is 3.91. The van der Waals surface area contributed by atoms with Crippen molar-refractivity contribution in [2.24, 2.45) is 5.92 Å². The van der Waals surface area contributed by atoms with Gasteiger partial charge in [0.25, 0.3) is 0 Å². The first-order valence-electron chi connectivity index (χ1n) is 14.5. The Morgan fingerprint density at radius 1 is 0.818 bits per heavy atom. The highest BCUT2D eigenvalue weighted by Crippen LogP contribution is 2.35. The van der Waals surface area contributed by atoms with Gasteiger partial charge in [0, 0.05) is 23.7 Å². The van der Waals surface area contributed by atoms with Crippen LogP contribution in [0.2, 0.25) is 0 Å². The van der Waals surface area contributed by atoms with E-state index in [1.807, 2.05) is 92.7 Å². The summed E-state index contributed by atoms with van der Waals surface area (Å²) in [6.45, 7) is 10.5. The molecule has 0 atom stereocenters. The summed E-state index contributed by atoms with van der Waals surface area (Å²) in [4.78, 5) is 19.0. The molecule has 0 aliphatic heterocycles. The van der Waals surface area contributed by atoms with Crippen LogP contribution in [0.1, 0.15) is 38.4 Å². The number of nitrogens with one attached hydrogen (secondary N) is 1. The molecular weight excluding hydrogens is 550 g/mol. The van der Waals surface area contributed by atoms with Gasteiger partial charge in [-0.05, 0) is 90.6 Å². The minimum atomic E-state index is 0.0908. The predicted molar refractivity (Wildman–Crippen MR) is 178 cm³/mol. The largest absolute Gasteiger partial charge is 0.504 e. The predicted octanol–water partition coefficient (Wildman–Crippen LogP) is 9.24. The molecule has 2 N–H and O–H groups in total. The van der Waals surface area contributed by atoms with Crippen molar-refractivity contribution in [1.29, 1.82) is 0 Å². The smallest absolute Gasteiger partial charge is 0.227 e. The fourth-order valence-electron chi connectivity index (χ4n) is 3.91. The molecule has 1 amide bonds. The summed E-state index contributed by atoms with van der Waals surface area (Å²) in [6, 6.07) is 28.6. The minimum absolute atomic E-state index is 0.0908. The highest BCUT2D eigenvalue weighted by atomic mass is 16.5. The summed E-state index contributed by atoms with van der Waals surface area (Å²) in [7, 11) is 1.58. The fraction of sp³-hybridized carbons (Fsp3) is 0.216. The van der Waals surface area contributed by atoms with Crippen molar-refractivity contribution in [2.45, 2.75) is 41.0 Å². The number of ether oxygens (including phenoxy) is 2. The molecule has 0 unspecified atom stereocenters. The number of amides is 1. The van der Waals surface area contributed by atoms with Gasteiger partial charge in [0.2, 0.25) is 12.3 Å². The number of nitrogens with zero attached hydrogens (tertiary/aromatic N) is 2. The van der Waals surface area contributed by atoms with E-state index in [0.29, 0.717) is 29.5 Å². The monoisotopic (exact) mass is 591 g/mol. The maximum atomic E-state index is 10.5. The minimum Gasteiger partial charge on any atom is -0.504 e. The lowest BCUT2D eigenvalue weighted by atomic mass is 10.0. The third-order valence-electron chi connectivity index (χ3n) is 6.64. The zero-order valence-corrected chi connectivity index (χ0v) is 26.2. The number of carbonyl (C=O) groups excluding carboxylic acids is 1. The van der Waals surface area contributed by atoms with Crippen molar-refractivity contribution in [3.8, 4) is 45.4 Å². The molecule has 0 spiro atoms. The van der Waals surface area contributed by atoms with Gasteiger partial charge in [-0.25, -0.2) is 4.98 Å². The van der Waals surface area contributed by atoms with E-state index in [9.17, 15) is 9.90 Å². The lowest BCUT2D eigenvalue weighted by Crippen LogP contribution is -1.97. The van der Waals surface area contributed by atoms with Gasteiger partial charge in [0.15, 0.2) is 11.5 Å². The highest BCUT2D eigenvalue weighted by molar-refractivity contribution is 5.80. The second kappa shape index (κ2) is 17.1. The SMILES string of the molecule is CCC(C)C.COc1ccc(-c2ccccc2)cc1NC=O.Cc1ccc(O)c(Oc2ncccc2-c2ccnc(C)c2)c1. The highest BCUT2D eigenvalue weighted by Gasteiger charge is 2.11. The van der Waals surface area contributed by atoms with E-state index in [1.54, 1.807) is 31.6 Å². The van der Waals surface area contributed by atoms with Crippen LogP contribution in [0.5, 0.6) is 23.1 Å². The molecule has 44 heavy (non-hydrogen) atoms. The van der Waals surface area contributed by atoms with Crippen molar-refractivity contribution in [3.63, 3.8) is 0 Å². The second-order valence-corrected chi connectivity index (χ2v) is 10.5. The van der Waals surface area contributed by atoms with Gasteiger partial charge in [0.1, 0.15) is 5.75 Å². The summed E-state index contributed by atoms with van der Waals surface area (Å²) in [6.07, 6.45) is 5.37. The quantitative estimate of drug-likeness (QED) is 0.175. The molecule has 5 rings (SSSR count). The van der Waals surface area contributed by atoms with Gasteiger partial charge in [-0.3, -0.25) is 9.78 Å². The van der Waals surface area contributed by atoms with Gasteiger partial charge in [-0.2, -0.15) is 0 Å². The lowest BCUT2D eigenvalue weighted by molar-refractivity contribution is -0.105. The van der Waals surface area contributed by atoms with Gasteiger partial charge in [-0.15, -0.1) is 0 Å². The molecule has 7 nitrogen and oxygen atoms in total. The van der Waals surface area contributed by atoms with Crippen LogP contribution in [0.3, 0.4) is 0 Å². The Kier molecular flexibility index (Phi) is 12.9. The van der Waals surface area contributed by atoms with Gasteiger partial charge >= 0.3 is 0 Å². The maximum absolute atomic E-state index is 10.5. The lowest BCUT2D eigenvalue weighted by Gasteiger charge is -2.11. The Labute approximate surface area is 260 Å². The number of methoxy groups -OCH3 is 1. The van der Waals surface area contributed by atoms with E-state index in [0.717, 1.165) is 39.4 Å². The number of hydrogen-bond donors (Lipinski definition) is 2. The molecule has 3 aromatic carbocycles. The van der Waals surface area contributed by atoms with Crippen LogP contribution in [0, 0.1) is 19.8 Å². The van der Waals surface area contributed by atoms with Crippen molar-refractivity contribution < 1.29 is 19.4 Å². The van der Waals surface area contributed by atoms with E-state index < -0.39 is 0 Å². The number of carbonyl (C=O) groups is 1. The zero-order chi connectivity index (χ0) is 31.9. The number of hydrogen-bond acceptors (Lipinski definition) is 6. The van der Waals surface area contributed by atoms with Crippen LogP contribution in [0.4, 0.5) is 5.69 Å². The number of phenolic OH excluding ortho intramolecular Hbond substituents is 1. The van der Waals surface area contributed by atoms with Crippen LogP contribution < -0.4 is 14.8 Å². The molecule has 228 valence electrons. The van der Waals surface area contributed by atoms with E-state index in [2.05, 4.69) is 36.1 Å². The molecule has 2 aromatic heterocycles.